The largest absolute Gasteiger partial charge is 0.573 e. The maximum atomic E-state index is 12.8. The molecule has 4 rings (SSSR count). The van der Waals surface area contributed by atoms with Gasteiger partial charge in [0.25, 0.3) is 5.56 Å². The third-order valence-electron chi connectivity index (χ3n) is 4.82. The minimum atomic E-state index is -4.80. The van der Waals surface area contributed by atoms with E-state index in [1.54, 1.807) is 4.90 Å². The Labute approximate surface area is 179 Å². The zero-order valence-electron chi connectivity index (χ0n) is 17.1. The van der Waals surface area contributed by atoms with Crippen LogP contribution in [0.4, 0.5) is 13.2 Å². The molecule has 2 aromatic heterocycles. The summed E-state index contributed by atoms with van der Waals surface area (Å²) < 4.78 is 48.8. The molecule has 0 saturated carbocycles. The fraction of sp³-hybridized carbons (Fsp3) is 0.421. The van der Waals surface area contributed by atoms with E-state index < -0.39 is 17.7 Å². The van der Waals surface area contributed by atoms with Gasteiger partial charge < -0.3 is 14.4 Å². The van der Waals surface area contributed by atoms with Gasteiger partial charge in [0.2, 0.25) is 5.91 Å². The van der Waals surface area contributed by atoms with E-state index in [1.807, 2.05) is 13.8 Å². The number of halogens is 3. The Kier molecular flexibility index (Phi) is 5.59. The first kappa shape index (κ1) is 21.7. The standard InChI is InChI=1S/C19H19F3N6O4/c1-11-7-26(8-12(2)31-11)15(29)9-27-10-23-17-16(18(27)30)24-25-28(17)13-3-5-14(6-4-13)32-19(20,21)22/h3-6,10-12H,7-9H2,1-2H3/t11-,12+. The van der Waals surface area contributed by atoms with Crippen molar-refractivity contribution in [3.8, 4) is 11.4 Å². The molecule has 2 atom stereocenters. The topological polar surface area (TPSA) is 104 Å². The second-order valence-corrected chi connectivity index (χ2v) is 7.45. The molecule has 0 spiro atoms. The number of carbonyl (C=O) groups excluding carboxylic acids is 1. The van der Waals surface area contributed by atoms with Crippen molar-refractivity contribution in [2.45, 2.75) is 39.0 Å². The van der Waals surface area contributed by atoms with Gasteiger partial charge in [0, 0.05) is 13.1 Å². The summed E-state index contributed by atoms with van der Waals surface area (Å²) in [5.41, 5.74) is -0.184. The minimum Gasteiger partial charge on any atom is -0.406 e. The molecule has 1 amide bonds. The van der Waals surface area contributed by atoms with E-state index in [0.717, 1.165) is 16.7 Å². The molecule has 13 heteroatoms. The van der Waals surface area contributed by atoms with Crippen LogP contribution in [-0.2, 0) is 16.1 Å². The first-order chi connectivity index (χ1) is 15.1. The Hall–Kier alpha value is -3.48. The van der Waals surface area contributed by atoms with Gasteiger partial charge in [-0.1, -0.05) is 5.21 Å². The molecule has 1 aliphatic heterocycles. The highest BCUT2D eigenvalue weighted by Crippen LogP contribution is 2.24. The molecule has 10 nitrogen and oxygen atoms in total. The summed E-state index contributed by atoms with van der Waals surface area (Å²) in [5.74, 6) is -0.644. The number of benzene rings is 1. The number of amides is 1. The molecule has 3 aromatic rings. The second-order valence-electron chi connectivity index (χ2n) is 7.45. The summed E-state index contributed by atoms with van der Waals surface area (Å²) >= 11 is 0. The Balaban J connectivity index is 1.56. The Bertz CT molecular complexity index is 1180. The molecule has 1 aliphatic rings. The summed E-state index contributed by atoms with van der Waals surface area (Å²) in [4.78, 5) is 31.3. The number of alkyl halides is 3. The second kappa shape index (κ2) is 8.22. The third kappa shape index (κ3) is 4.56. The number of nitrogens with zero attached hydrogens (tertiary/aromatic N) is 6. The van der Waals surface area contributed by atoms with Crippen molar-refractivity contribution >= 4 is 17.1 Å². The number of aromatic nitrogens is 5. The van der Waals surface area contributed by atoms with Gasteiger partial charge in [-0.2, -0.15) is 4.68 Å². The maximum Gasteiger partial charge on any atom is 0.573 e. The minimum absolute atomic E-state index is 0.0698. The van der Waals surface area contributed by atoms with Crippen molar-refractivity contribution in [1.82, 2.24) is 29.4 Å². The van der Waals surface area contributed by atoms with E-state index in [9.17, 15) is 22.8 Å². The monoisotopic (exact) mass is 452 g/mol. The first-order valence-corrected chi connectivity index (χ1v) is 9.71. The lowest BCUT2D eigenvalue weighted by atomic mass is 10.2. The predicted molar refractivity (Wildman–Crippen MR) is 104 cm³/mol. The van der Waals surface area contributed by atoms with Crippen LogP contribution in [0.2, 0.25) is 0 Å². The number of ether oxygens (including phenoxy) is 2. The predicted octanol–water partition coefficient (Wildman–Crippen LogP) is 1.51. The number of carbonyl (C=O) groups is 1. The van der Waals surface area contributed by atoms with Crippen LogP contribution in [0.1, 0.15) is 13.8 Å². The van der Waals surface area contributed by atoms with Gasteiger partial charge in [-0.25, -0.2) is 4.98 Å². The van der Waals surface area contributed by atoms with Crippen molar-refractivity contribution in [2.75, 3.05) is 13.1 Å². The van der Waals surface area contributed by atoms with Crippen LogP contribution in [0.3, 0.4) is 0 Å². The van der Waals surface area contributed by atoms with Crippen molar-refractivity contribution in [1.29, 1.82) is 0 Å². The highest BCUT2D eigenvalue weighted by Gasteiger charge is 2.31. The summed E-state index contributed by atoms with van der Waals surface area (Å²) in [6.45, 7) is 4.39. The SMILES string of the molecule is C[C@@H]1CN(C(=O)Cn2cnc3c(nnn3-c3ccc(OC(F)(F)F)cc3)c2=O)C[C@H](C)O1. The van der Waals surface area contributed by atoms with E-state index in [0.29, 0.717) is 18.8 Å². The number of fused-ring (bicyclic) bond motifs is 1. The van der Waals surface area contributed by atoms with Crippen LogP contribution in [0.5, 0.6) is 5.75 Å². The molecule has 0 radical (unpaired) electrons. The van der Waals surface area contributed by atoms with E-state index in [-0.39, 0.29) is 35.8 Å². The van der Waals surface area contributed by atoms with Gasteiger partial charge >= 0.3 is 6.36 Å². The first-order valence-electron chi connectivity index (χ1n) is 9.71. The smallest absolute Gasteiger partial charge is 0.406 e. The molecule has 1 fully saturated rings. The van der Waals surface area contributed by atoms with Gasteiger partial charge in [-0.05, 0) is 38.1 Å². The Morgan fingerprint density at radius 3 is 2.47 bits per heavy atom. The van der Waals surface area contributed by atoms with Crippen molar-refractivity contribution in [3.05, 3.63) is 40.9 Å². The van der Waals surface area contributed by atoms with Crippen molar-refractivity contribution < 1.29 is 27.4 Å². The molecule has 0 N–H and O–H groups in total. The summed E-state index contributed by atoms with van der Waals surface area (Å²) in [5, 5.41) is 7.72. The Morgan fingerprint density at radius 1 is 1.19 bits per heavy atom. The highest BCUT2D eigenvalue weighted by molar-refractivity contribution is 5.77. The molecule has 3 heterocycles. The molecule has 1 saturated heterocycles. The Morgan fingerprint density at radius 2 is 1.84 bits per heavy atom. The zero-order chi connectivity index (χ0) is 23.0. The highest BCUT2D eigenvalue weighted by atomic mass is 19.4. The van der Waals surface area contributed by atoms with Crippen LogP contribution >= 0.6 is 0 Å². The van der Waals surface area contributed by atoms with Crippen molar-refractivity contribution in [3.63, 3.8) is 0 Å². The van der Waals surface area contributed by atoms with E-state index in [4.69, 9.17) is 4.74 Å². The van der Waals surface area contributed by atoms with Crippen LogP contribution in [0, 0.1) is 0 Å². The quantitative estimate of drug-likeness (QED) is 0.591. The maximum absolute atomic E-state index is 12.8. The zero-order valence-corrected chi connectivity index (χ0v) is 17.1. The molecule has 0 bridgehead atoms. The van der Waals surface area contributed by atoms with Gasteiger partial charge in [0.15, 0.2) is 11.2 Å². The molecule has 0 unspecified atom stereocenters. The average Bonchev–Trinajstić information content (AvgIpc) is 3.13. The molecule has 170 valence electrons. The van der Waals surface area contributed by atoms with Gasteiger partial charge in [-0.3, -0.25) is 14.2 Å². The number of hydrogen-bond acceptors (Lipinski definition) is 7. The van der Waals surface area contributed by atoms with Crippen LogP contribution in [-0.4, -0.2) is 67.0 Å². The fourth-order valence-corrected chi connectivity index (χ4v) is 3.55. The van der Waals surface area contributed by atoms with Gasteiger partial charge in [0.05, 0.1) is 17.9 Å². The normalized spacial score (nSPS) is 19.3. The number of rotatable bonds is 4. The summed E-state index contributed by atoms with van der Waals surface area (Å²) in [7, 11) is 0. The molecule has 0 aliphatic carbocycles. The average molecular weight is 452 g/mol. The fourth-order valence-electron chi connectivity index (χ4n) is 3.55. The third-order valence-corrected chi connectivity index (χ3v) is 4.82. The van der Waals surface area contributed by atoms with Crippen LogP contribution in [0.15, 0.2) is 35.4 Å². The number of hydrogen-bond donors (Lipinski definition) is 0. The van der Waals surface area contributed by atoms with Gasteiger partial charge in [-0.15, -0.1) is 18.3 Å². The van der Waals surface area contributed by atoms with Gasteiger partial charge in [0.1, 0.15) is 18.6 Å². The molecular weight excluding hydrogens is 433 g/mol. The summed E-state index contributed by atoms with van der Waals surface area (Å²) in [6, 6.07) is 4.88. The van der Waals surface area contributed by atoms with Crippen LogP contribution in [0.25, 0.3) is 16.9 Å². The number of morpholine rings is 1. The van der Waals surface area contributed by atoms with Crippen molar-refractivity contribution in [2.24, 2.45) is 0 Å². The molecular formula is C19H19F3N6O4. The summed E-state index contributed by atoms with van der Waals surface area (Å²) in [6.07, 6.45) is -3.79. The van der Waals surface area contributed by atoms with E-state index in [2.05, 4.69) is 20.0 Å². The molecule has 32 heavy (non-hydrogen) atoms. The lowest BCUT2D eigenvalue weighted by Gasteiger charge is -2.35. The van der Waals surface area contributed by atoms with Crippen LogP contribution < -0.4 is 10.3 Å². The van der Waals surface area contributed by atoms with E-state index in [1.165, 1.54) is 23.1 Å². The van der Waals surface area contributed by atoms with E-state index >= 15 is 0 Å². The lowest BCUT2D eigenvalue weighted by molar-refractivity contribution is -0.274. The molecule has 1 aromatic carbocycles. The lowest BCUT2D eigenvalue weighted by Crippen LogP contribution is -2.49.